The van der Waals surface area contributed by atoms with Gasteiger partial charge in [-0.15, -0.1) is 0 Å². The number of para-hydroxylation sites is 1. The van der Waals surface area contributed by atoms with E-state index in [-0.39, 0.29) is 0 Å². The minimum Gasteiger partial charge on any atom is -0.384 e. The Bertz CT molecular complexity index is 414. The highest BCUT2D eigenvalue weighted by atomic mass is 15.1. The Balaban J connectivity index is 1.65. The highest BCUT2D eigenvalue weighted by Gasteiger charge is 2.23. The van der Waals surface area contributed by atoms with Gasteiger partial charge >= 0.3 is 0 Å². The van der Waals surface area contributed by atoms with Crippen LogP contribution in [0.15, 0.2) is 18.2 Å². The average Bonchev–Trinajstić information content (AvgIpc) is 2.99. The third kappa shape index (κ3) is 2.39. The fourth-order valence-corrected chi connectivity index (χ4v) is 3.48. The monoisotopic (exact) mass is 244 g/mol. The van der Waals surface area contributed by atoms with Crippen molar-refractivity contribution in [3.63, 3.8) is 0 Å². The summed E-state index contributed by atoms with van der Waals surface area (Å²) in [6.45, 7) is 7.14. The van der Waals surface area contributed by atoms with Gasteiger partial charge in [-0.3, -0.25) is 4.90 Å². The van der Waals surface area contributed by atoms with Crippen LogP contribution in [0.3, 0.4) is 0 Å². The Morgan fingerprint density at radius 2 is 2.33 bits per heavy atom. The third-order valence-corrected chi connectivity index (χ3v) is 4.39. The summed E-state index contributed by atoms with van der Waals surface area (Å²) in [5.74, 6) is 0.944. The summed E-state index contributed by atoms with van der Waals surface area (Å²) < 4.78 is 0. The van der Waals surface area contributed by atoms with Gasteiger partial charge in [0.1, 0.15) is 0 Å². The molecule has 1 saturated heterocycles. The smallest absolute Gasteiger partial charge is 0.0419 e. The van der Waals surface area contributed by atoms with Gasteiger partial charge in [-0.1, -0.05) is 31.5 Å². The van der Waals surface area contributed by atoms with Crippen molar-refractivity contribution in [3.05, 3.63) is 29.3 Å². The molecule has 1 aromatic rings. The Hall–Kier alpha value is -1.02. The second-order valence-electron chi connectivity index (χ2n) is 5.81. The summed E-state index contributed by atoms with van der Waals surface area (Å²) in [5, 5.41) is 3.55. The molecule has 1 N–H and O–H groups in total. The van der Waals surface area contributed by atoms with Gasteiger partial charge in [0.15, 0.2) is 0 Å². The van der Waals surface area contributed by atoms with Gasteiger partial charge in [-0.2, -0.15) is 0 Å². The van der Waals surface area contributed by atoms with E-state index in [4.69, 9.17) is 0 Å². The van der Waals surface area contributed by atoms with Crippen LogP contribution in [0.5, 0.6) is 0 Å². The molecule has 0 saturated carbocycles. The van der Waals surface area contributed by atoms with Crippen LogP contribution in [0, 0.1) is 5.92 Å². The van der Waals surface area contributed by atoms with Gasteiger partial charge in [-0.05, 0) is 42.9 Å². The van der Waals surface area contributed by atoms with Gasteiger partial charge in [-0.25, -0.2) is 0 Å². The lowest BCUT2D eigenvalue weighted by molar-refractivity contribution is 0.313. The van der Waals surface area contributed by atoms with Crippen molar-refractivity contribution < 1.29 is 0 Å². The van der Waals surface area contributed by atoms with E-state index in [0.29, 0.717) is 0 Å². The zero-order valence-electron chi connectivity index (χ0n) is 11.4. The topological polar surface area (TPSA) is 15.3 Å². The molecule has 98 valence electrons. The molecule has 1 aromatic carbocycles. The fraction of sp³-hybridized carbons (Fsp3) is 0.625. The number of rotatable bonds is 4. The van der Waals surface area contributed by atoms with Crippen LogP contribution in [0.25, 0.3) is 0 Å². The molecule has 3 rings (SSSR count). The number of nitrogens with zero attached hydrogens (tertiary/aromatic N) is 1. The van der Waals surface area contributed by atoms with Crippen LogP contribution in [0.4, 0.5) is 5.69 Å². The van der Waals surface area contributed by atoms with Gasteiger partial charge in [0.2, 0.25) is 0 Å². The minimum atomic E-state index is 0.944. The molecule has 1 atom stereocenters. The van der Waals surface area contributed by atoms with Crippen LogP contribution in [0.2, 0.25) is 0 Å². The maximum Gasteiger partial charge on any atom is 0.0419 e. The molecule has 0 aliphatic carbocycles. The highest BCUT2D eigenvalue weighted by Crippen LogP contribution is 2.29. The highest BCUT2D eigenvalue weighted by molar-refractivity contribution is 5.61. The quantitative estimate of drug-likeness (QED) is 0.874. The van der Waals surface area contributed by atoms with E-state index < -0.39 is 0 Å². The SMILES string of the molecule is CCCC1CCN(Cc2cccc3c2NCC3)C1. The number of likely N-dealkylation sites (tertiary alicyclic amines) is 1. The molecule has 2 aliphatic rings. The molecular formula is C16H24N2. The fourth-order valence-electron chi connectivity index (χ4n) is 3.48. The molecule has 18 heavy (non-hydrogen) atoms. The first-order chi connectivity index (χ1) is 8.86. The first-order valence-corrected chi connectivity index (χ1v) is 7.44. The van der Waals surface area contributed by atoms with E-state index in [9.17, 15) is 0 Å². The zero-order valence-corrected chi connectivity index (χ0v) is 11.4. The van der Waals surface area contributed by atoms with Crippen molar-refractivity contribution in [2.45, 2.75) is 39.2 Å². The van der Waals surface area contributed by atoms with Gasteiger partial charge < -0.3 is 5.32 Å². The largest absolute Gasteiger partial charge is 0.384 e. The maximum absolute atomic E-state index is 3.55. The van der Waals surface area contributed by atoms with Crippen LogP contribution in [-0.2, 0) is 13.0 Å². The first-order valence-electron chi connectivity index (χ1n) is 7.44. The summed E-state index contributed by atoms with van der Waals surface area (Å²) in [4.78, 5) is 2.63. The van der Waals surface area contributed by atoms with Crippen LogP contribution in [0.1, 0.15) is 37.3 Å². The Kier molecular flexibility index (Phi) is 3.55. The maximum atomic E-state index is 3.55. The lowest BCUT2D eigenvalue weighted by Crippen LogP contribution is -2.20. The lowest BCUT2D eigenvalue weighted by Gasteiger charge is -2.18. The lowest BCUT2D eigenvalue weighted by atomic mass is 10.0. The molecule has 0 bridgehead atoms. The molecule has 2 aliphatic heterocycles. The number of hydrogen-bond acceptors (Lipinski definition) is 2. The van der Waals surface area contributed by atoms with Crippen molar-refractivity contribution in [2.75, 3.05) is 25.0 Å². The van der Waals surface area contributed by atoms with Crippen molar-refractivity contribution in [2.24, 2.45) is 5.92 Å². The normalized spacial score (nSPS) is 23.1. The molecule has 2 heterocycles. The average molecular weight is 244 g/mol. The van der Waals surface area contributed by atoms with Crippen molar-refractivity contribution in [3.8, 4) is 0 Å². The van der Waals surface area contributed by atoms with Crippen LogP contribution >= 0.6 is 0 Å². The summed E-state index contributed by atoms with van der Waals surface area (Å²) in [6.07, 6.45) is 5.33. The molecule has 0 aromatic heterocycles. The predicted molar refractivity (Wildman–Crippen MR) is 76.9 cm³/mol. The molecule has 0 radical (unpaired) electrons. The van der Waals surface area contributed by atoms with Crippen molar-refractivity contribution in [1.29, 1.82) is 0 Å². The first kappa shape index (κ1) is 12.0. The Labute approximate surface area is 110 Å². The van der Waals surface area contributed by atoms with E-state index in [2.05, 4.69) is 35.3 Å². The molecule has 1 unspecified atom stereocenters. The van der Waals surface area contributed by atoms with Crippen molar-refractivity contribution in [1.82, 2.24) is 4.90 Å². The van der Waals surface area contributed by atoms with E-state index >= 15 is 0 Å². The third-order valence-electron chi connectivity index (χ3n) is 4.39. The van der Waals surface area contributed by atoms with Gasteiger partial charge in [0.05, 0.1) is 0 Å². The van der Waals surface area contributed by atoms with E-state index in [1.807, 2.05) is 0 Å². The number of benzene rings is 1. The second-order valence-corrected chi connectivity index (χ2v) is 5.81. The number of nitrogens with one attached hydrogen (secondary N) is 1. The molecular weight excluding hydrogens is 220 g/mol. The van der Waals surface area contributed by atoms with E-state index in [0.717, 1.165) is 19.0 Å². The number of anilines is 1. The summed E-state index contributed by atoms with van der Waals surface area (Å²) in [7, 11) is 0. The minimum absolute atomic E-state index is 0.944. The summed E-state index contributed by atoms with van der Waals surface area (Å²) in [6, 6.07) is 6.79. The van der Waals surface area contributed by atoms with Crippen LogP contribution < -0.4 is 5.32 Å². The van der Waals surface area contributed by atoms with E-state index in [1.165, 1.54) is 55.6 Å². The standard InChI is InChI=1S/C16H24N2/c1-2-4-13-8-10-18(11-13)12-15-6-3-5-14-7-9-17-16(14)15/h3,5-6,13,17H,2,4,7-12H2,1H3. The number of fused-ring (bicyclic) bond motifs is 1. The molecule has 1 fully saturated rings. The summed E-state index contributed by atoms with van der Waals surface area (Å²) in [5.41, 5.74) is 4.44. The Morgan fingerprint density at radius 1 is 1.39 bits per heavy atom. The molecule has 0 spiro atoms. The van der Waals surface area contributed by atoms with Crippen LogP contribution in [-0.4, -0.2) is 24.5 Å². The zero-order chi connectivity index (χ0) is 12.4. The number of hydrogen-bond donors (Lipinski definition) is 1. The van der Waals surface area contributed by atoms with Crippen molar-refractivity contribution >= 4 is 5.69 Å². The Morgan fingerprint density at radius 3 is 3.22 bits per heavy atom. The van der Waals surface area contributed by atoms with E-state index in [1.54, 1.807) is 0 Å². The molecule has 0 amide bonds. The molecule has 2 heteroatoms. The summed E-state index contributed by atoms with van der Waals surface area (Å²) >= 11 is 0. The van der Waals surface area contributed by atoms with Gasteiger partial charge in [0.25, 0.3) is 0 Å². The van der Waals surface area contributed by atoms with Gasteiger partial charge in [0, 0.05) is 25.3 Å². The molecule has 2 nitrogen and oxygen atoms in total. The second kappa shape index (κ2) is 5.31. The predicted octanol–water partition coefficient (Wildman–Crippen LogP) is 3.28.